The van der Waals surface area contributed by atoms with Gasteiger partial charge >= 0.3 is 6.61 Å². The minimum Gasteiger partial charge on any atom is -0.435 e. The van der Waals surface area contributed by atoms with Crippen LogP contribution in [0.15, 0.2) is 58.3 Å². The summed E-state index contributed by atoms with van der Waals surface area (Å²) in [6, 6.07) is 10.4. The maximum Gasteiger partial charge on any atom is 0.387 e. The highest BCUT2D eigenvalue weighted by Gasteiger charge is 2.21. The molecule has 148 valence electrons. The van der Waals surface area contributed by atoms with Crippen LogP contribution in [0.5, 0.6) is 5.75 Å². The average molecular weight is 420 g/mol. The summed E-state index contributed by atoms with van der Waals surface area (Å²) >= 11 is 0. The fourth-order valence-electron chi connectivity index (χ4n) is 2.06. The van der Waals surface area contributed by atoms with E-state index in [1.54, 1.807) is 0 Å². The van der Waals surface area contributed by atoms with Gasteiger partial charge in [0, 0.05) is 20.6 Å². The van der Waals surface area contributed by atoms with Crippen LogP contribution in [0.3, 0.4) is 0 Å². The highest BCUT2D eigenvalue weighted by molar-refractivity contribution is 7.90. The predicted octanol–water partition coefficient (Wildman–Crippen LogP) is 2.02. The molecule has 11 heteroatoms. The molecular formula is C16H18F2N2O5S2. The Morgan fingerprint density at radius 2 is 1.59 bits per heavy atom. The van der Waals surface area contributed by atoms with Crippen LogP contribution >= 0.6 is 0 Å². The Hall–Kier alpha value is -2.08. The van der Waals surface area contributed by atoms with Gasteiger partial charge in [-0.15, -0.1) is 0 Å². The Bertz CT molecular complexity index is 992. The molecule has 2 rings (SSSR count). The number of nitrogens with one attached hydrogen (secondary N) is 1. The maximum absolute atomic E-state index is 12.4. The Balaban J connectivity index is 2.15. The van der Waals surface area contributed by atoms with E-state index in [-0.39, 0.29) is 22.1 Å². The highest BCUT2D eigenvalue weighted by Crippen LogP contribution is 2.19. The largest absolute Gasteiger partial charge is 0.435 e. The van der Waals surface area contributed by atoms with Crippen LogP contribution in [-0.4, -0.2) is 41.8 Å². The summed E-state index contributed by atoms with van der Waals surface area (Å²) in [6.07, 6.45) is 0. The molecule has 0 bridgehead atoms. The number of halogens is 2. The summed E-state index contributed by atoms with van der Waals surface area (Å²) in [7, 11) is -5.07. The summed E-state index contributed by atoms with van der Waals surface area (Å²) in [5.41, 5.74) is 0.511. The quantitative estimate of drug-likeness (QED) is 0.705. The summed E-state index contributed by atoms with van der Waals surface area (Å²) in [4.78, 5) is -0.355. The third kappa shape index (κ3) is 5.45. The van der Waals surface area contributed by atoms with Crippen molar-refractivity contribution in [3.63, 3.8) is 0 Å². The second-order valence-corrected chi connectivity index (χ2v) is 9.53. The lowest BCUT2D eigenvalue weighted by Gasteiger charge is -2.13. The first-order valence-corrected chi connectivity index (χ1v) is 10.5. The molecule has 0 heterocycles. The third-order valence-electron chi connectivity index (χ3n) is 3.51. The molecule has 0 saturated heterocycles. The third-order valence-corrected chi connectivity index (χ3v) is 6.72. The molecule has 0 radical (unpaired) electrons. The van der Waals surface area contributed by atoms with Gasteiger partial charge in [-0.05, 0) is 35.9 Å². The van der Waals surface area contributed by atoms with E-state index >= 15 is 0 Å². The number of nitrogens with zero attached hydrogens (tertiary/aromatic N) is 1. The SMILES string of the molecule is CN(C)S(=O)(=O)c1cccc(S(=O)(=O)NCc2ccc(OC(F)F)cc2)c1. The van der Waals surface area contributed by atoms with Gasteiger partial charge in [0.1, 0.15) is 5.75 Å². The van der Waals surface area contributed by atoms with E-state index in [1.165, 1.54) is 56.6 Å². The van der Waals surface area contributed by atoms with Gasteiger partial charge in [-0.3, -0.25) is 0 Å². The van der Waals surface area contributed by atoms with Crippen molar-refractivity contribution < 1.29 is 30.4 Å². The number of ether oxygens (including phenoxy) is 1. The van der Waals surface area contributed by atoms with Crippen LogP contribution in [0.4, 0.5) is 8.78 Å². The van der Waals surface area contributed by atoms with Crippen molar-refractivity contribution in [1.82, 2.24) is 9.03 Å². The topological polar surface area (TPSA) is 92.8 Å². The number of sulfonamides is 2. The summed E-state index contributed by atoms with van der Waals surface area (Å²) in [5, 5.41) is 0. The standard InChI is InChI=1S/C16H18F2N2O5S2/c1-20(2)27(23,24)15-5-3-4-14(10-15)26(21,22)19-11-12-6-8-13(9-7-12)25-16(17)18/h3-10,16,19H,11H2,1-2H3. The maximum atomic E-state index is 12.4. The van der Waals surface area contributed by atoms with Crippen LogP contribution in [0, 0.1) is 0 Å². The zero-order chi connectivity index (χ0) is 20.2. The first-order chi connectivity index (χ1) is 12.5. The van der Waals surface area contributed by atoms with Gasteiger partial charge in [-0.1, -0.05) is 18.2 Å². The van der Waals surface area contributed by atoms with Crippen molar-refractivity contribution >= 4 is 20.0 Å². The van der Waals surface area contributed by atoms with E-state index in [0.29, 0.717) is 5.56 Å². The lowest BCUT2D eigenvalue weighted by atomic mass is 10.2. The van der Waals surface area contributed by atoms with Crippen LogP contribution in [-0.2, 0) is 26.6 Å². The van der Waals surface area contributed by atoms with Crippen molar-refractivity contribution in [2.75, 3.05) is 14.1 Å². The molecule has 2 aromatic rings. The van der Waals surface area contributed by atoms with Gasteiger partial charge in [0.2, 0.25) is 20.0 Å². The smallest absolute Gasteiger partial charge is 0.387 e. The second-order valence-electron chi connectivity index (χ2n) is 5.61. The van der Waals surface area contributed by atoms with Crippen LogP contribution in [0.2, 0.25) is 0 Å². The molecule has 0 unspecified atom stereocenters. The second kappa shape index (κ2) is 8.30. The van der Waals surface area contributed by atoms with E-state index in [2.05, 4.69) is 9.46 Å². The average Bonchev–Trinajstić information content (AvgIpc) is 2.60. The van der Waals surface area contributed by atoms with Crippen LogP contribution in [0.1, 0.15) is 5.56 Å². The number of hydrogen-bond donors (Lipinski definition) is 1. The van der Waals surface area contributed by atoms with Gasteiger partial charge in [-0.2, -0.15) is 8.78 Å². The van der Waals surface area contributed by atoms with Gasteiger partial charge < -0.3 is 4.74 Å². The fourth-order valence-corrected chi connectivity index (χ4v) is 4.15. The first-order valence-electron chi connectivity index (χ1n) is 7.58. The number of alkyl halides is 2. The number of benzene rings is 2. The molecule has 0 aliphatic heterocycles. The van der Waals surface area contributed by atoms with E-state index in [1.807, 2.05) is 0 Å². The molecule has 0 aromatic heterocycles. The van der Waals surface area contributed by atoms with Gasteiger partial charge in [0.15, 0.2) is 0 Å². The molecule has 0 amide bonds. The van der Waals surface area contributed by atoms with Crippen molar-refractivity contribution in [2.24, 2.45) is 0 Å². The van der Waals surface area contributed by atoms with Crippen molar-refractivity contribution in [2.45, 2.75) is 22.9 Å². The van der Waals surface area contributed by atoms with Gasteiger partial charge in [0.05, 0.1) is 9.79 Å². The molecule has 27 heavy (non-hydrogen) atoms. The predicted molar refractivity (Wildman–Crippen MR) is 94.4 cm³/mol. The van der Waals surface area contributed by atoms with Crippen LogP contribution < -0.4 is 9.46 Å². The summed E-state index contributed by atoms with van der Waals surface area (Å²) < 4.78 is 80.9. The molecule has 0 atom stereocenters. The van der Waals surface area contributed by atoms with Crippen molar-refractivity contribution in [1.29, 1.82) is 0 Å². The molecule has 7 nitrogen and oxygen atoms in total. The molecule has 0 aliphatic carbocycles. The Morgan fingerprint density at radius 3 is 2.15 bits per heavy atom. The monoisotopic (exact) mass is 420 g/mol. The van der Waals surface area contributed by atoms with Crippen LogP contribution in [0.25, 0.3) is 0 Å². The minimum absolute atomic E-state index is 0.0433. The molecule has 0 spiro atoms. The number of rotatable bonds is 8. The zero-order valence-corrected chi connectivity index (χ0v) is 16.1. The molecule has 0 saturated carbocycles. The highest BCUT2D eigenvalue weighted by atomic mass is 32.2. The minimum atomic E-state index is -3.98. The van der Waals surface area contributed by atoms with E-state index in [4.69, 9.17) is 0 Å². The first kappa shape index (κ1) is 21.2. The Kier molecular flexibility index (Phi) is 6.52. The lowest BCUT2D eigenvalue weighted by molar-refractivity contribution is -0.0498. The van der Waals surface area contributed by atoms with E-state index in [0.717, 1.165) is 10.4 Å². The van der Waals surface area contributed by atoms with Gasteiger partial charge in [0.25, 0.3) is 0 Å². The normalized spacial score (nSPS) is 12.5. The van der Waals surface area contributed by atoms with Crippen molar-refractivity contribution in [3.8, 4) is 5.75 Å². The fraction of sp³-hybridized carbons (Fsp3) is 0.250. The molecule has 0 aliphatic rings. The zero-order valence-electron chi connectivity index (χ0n) is 14.5. The Morgan fingerprint density at radius 1 is 1.00 bits per heavy atom. The lowest BCUT2D eigenvalue weighted by Crippen LogP contribution is -2.25. The molecule has 2 aromatic carbocycles. The summed E-state index contributed by atoms with van der Waals surface area (Å²) in [6.45, 7) is -3.05. The molecular weight excluding hydrogens is 402 g/mol. The Labute approximate surface area is 156 Å². The molecule has 0 fully saturated rings. The van der Waals surface area contributed by atoms with E-state index in [9.17, 15) is 25.6 Å². The van der Waals surface area contributed by atoms with Gasteiger partial charge in [-0.25, -0.2) is 25.9 Å². The number of hydrogen-bond acceptors (Lipinski definition) is 5. The molecule has 1 N–H and O–H groups in total. The van der Waals surface area contributed by atoms with E-state index < -0.39 is 26.7 Å². The summed E-state index contributed by atoms with van der Waals surface area (Å²) in [5.74, 6) is -0.0433. The van der Waals surface area contributed by atoms with Crippen molar-refractivity contribution in [3.05, 3.63) is 54.1 Å².